The van der Waals surface area contributed by atoms with Crippen molar-refractivity contribution in [1.82, 2.24) is 0 Å². The van der Waals surface area contributed by atoms with Crippen molar-refractivity contribution in [1.29, 1.82) is 0 Å². The van der Waals surface area contributed by atoms with E-state index in [0.29, 0.717) is 35.7 Å². The number of ether oxygens (including phenoxy) is 2. The van der Waals surface area contributed by atoms with Gasteiger partial charge < -0.3 is 13.9 Å². The molecule has 0 N–H and O–H groups in total. The lowest BCUT2D eigenvalue weighted by atomic mass is 10.1. The van der Waals surface area contributed by atoms with Gasteiger partial charge in [-0.3, -0.25) is 4.79 Å². The summed E-state index contributed by atoms with van der Waals surface area (Å²) in [6.07, 6.45) is 7.18. The highest BCUT2D eigenvalue weighted by atomic mass is 16.5. The first-order chi connectivity index (χ1) is 14.6. The summed E-state index contributed by atoms with van der Waals surface area (Å²) in [6, 6.07) is 13.0. The third kappa shape index (κ3) is 5.88. The van der Waals surface area contributed by atoms with Crippen LogP contribution in [-0.2, 0) is 0 Å². The van der Waals surface area contributed by atoms with Crippen molar-refractivity contribution >= 4 is 11.0 Å². The Morgan fingerprint density at radius 2 is 1.63 bits per heavy atom. The molecule has 160 valence electrons. The molecule has 0 atom stereocenters. The van der Waals surface area contributed by atoms with E-state index in [-0.39, 0.29) is 5.43 Å². The molecular weight excluding hydrogens is 376 g/mol. The predicted molar refractivity (Wildman–Crippen MR) is 123 cm³/mol. The molecule has 0 saturated heterocycles. The van der Waals surface area contributed by atoms with Crippen LogP contribution in [0.5, 0.6) is 11.5 Å². The molecule has 1 aromatic heterocycles. The van der Waals surface area contributed by atoms with Crippen LogP contribution in [0.1, 0.15) is 52.9 Å². The van der Waals surface area contributed by atoms with Crippen molar-refractivity contribution in [2.24, 2.45) is 5.92 Å². The molecule has 3 aromatic rings. The Morgan fingerprint density at radius 3 is 2.37 bits per heavy atom. The van der Waals surface area contributed by atoms with E-state index < -0.39 is 0 Å². The fraction of sp³-hybridized carbons (Fsp3) is 0.423. The molecule has 2 aromatic carbocycles. The van der Waals surface area contributed by atoms with Gasteiger partial charge in [-0.05, 0) is 48.6 Å². The predicted octanol–water partition coefficient (Wildman–Crippen LogP) is 6.84. The molecule has 0 saturated carbocycles. The van der Waals surface area contributed by atoms with Crippen molar-refractivity contribution in [2.75, 3.05) is 13.2 Å². The average Bonchev–Trinajstić information content (AvgIpc) is 2.74. The second kappa shape index (κ2) is 10.9. The van der Waals surface area contributed by atoms with Gasteiger partial charge in [0.15, 0.2) is 5.43 Å². The lowest BCUT2D eigenvalue weighted by molar-refractivity contribution is 0.289. The van der Waals surface area contributed by atoms with E-state index in [1.807, 2.05) is 30.3 Å². The zero-order valence-corrected chi connectivity index (χ0v) is 18.3. The maximum atomic E-state index is 13.0. The van der Waals surface area contributed by atoms with Gasteiger partial charge in [0, 0.05) is 6.07 Å². The molecule has 0 bridgehead atoms. The van der Waals surface area contributed by atoms with Gasteiger partial charge in [0.2, 0.25) is 0 Å². The Bertz CT molecular complexity index is 986. The third-order valence-electron chi connectivity index (χ3n) is 5.14. The van der Waals surface area contributed by atoms with Gasteiger partial charge in [-0.15, -0.1) is 0 Å². The standard InChI is InChI=1S/C26H32O4/c1-4-5-6-7-15-28-22-12-13-23-25(17-22)30-18-24(26(23)27)20-8-10-21(11-9-20)29-16-14-19(2)3/h8-13,17-19H,4-7,14-16H2,1-3H3. The molecule has 3 rings (SSSR count). The highest BCUT2D eigenvalue weighted by Gasteiger charge is 2.10. The normalized spacial score (nSPS) is 11.2. The van der Waals surface area contributed by atoms with E-state index in [0.717, 1.165) is 29.9 Å². The minimum atomic E-state index is -0.0424. The quantitative estimate of drug-likeness (QED) is 0.326. The first kappa shape index (κ1) is 21.9. The first-order valence-corrected chi connectivity index (χ1v) is 11.0. The van der Waals surface area contributed by atoms with Crippen molar-refractivity contribution < 1.29 is 13.9 Å². The van der Waals surface area contributed by atoms with Crippen molar-refractivity contribution in [3.8, 4) is 22.6 Å². The van der Waals surface area contributed by atoms with Crippen molar-refractivity contribution in [2.45, 2.75) is 52.9 Å². The van der Waals surface area contributed by atoms with E-state index in [4.69, 9.17) is 13.9 Å². The van der Waals surface area contributed by atoms with Gasteiger partial charge in [-0.25, -0.2) is 0 Å². The summed E-state index contributed by atoms with van der Waals surface area (Å²) < 4.78 is 17.3. The maximum absolute atomic E-state index is 13.0. The van der Waals surface area contributed by atoms with Crippen LogP contribution in [0, 0.1) is 5.92 Å². The highest BCUT2D eigenvalue weighted by molar-refractivity contribution is 5.82. The first-order valence-electron chi connectivity index (χ1n) is 11.0. The number of benzene rings is 2. The topological polar surface area (TPSA) is 48.7 Å². The Kier molecular flexibility index (Phi) is 7.95. The zero-order chi connectivity index (χ0) is 21.3. The summed E-state index contributed by atoms with van der Waals surface area (Å²) in [5.41, 5.74) is 1.87. The Hall–Kier alpha value is -2.75. The van der Waals surface area contributed by atoms with Gasteiger partial charge in [-0.1, -0.05) is 52.2 Å². The van der Waals surface area contributed by atoms with Gasteiger partial charge in [0.05, 0.1) is 24.2 Å². The third-order valence-corrected chi connectivity index (χ3v) is 5.14. The Balaban J connectivity index is 1.70. The monoisotopic (exact) mass is 408 g/mol. The molecular formula is C26H32O4. The molecule has 0 aliphatic heterocycles. The summed E-state index contributed by atoms with van der Waals surface area (Å²) in [4.78, 5) is 13.0. The fourth-order valence-corrected chi connectivity index (χ4v) is 3.26. The molecule has 1 heterocycles. The van der Waals surface area contributed by atoms with E-state index in [1.54, 1.807) is 12.1 Å². The van der Waals surface area contributed by atoms with E-state index in [2.05, 4.69) is 20.8 Å². The molecule has 30 heavy (non-hydrogen) atoms. The molecule has 0 aliphatic rings. The van der Waals surface area contributed by atoms with Gasteiger partial charge in [0.25, 0.3) is 0 Å². The second-order valence-electron chi connectivity index (χ2n) is 8.10. The molecule has 4 heteroatoms. The van der Waals surface area contributed by atoms with Crippen LogP contribution in [0.15, 0.2) is 57.9 Å². The number of rotatable bonds is 11. The number of unbranched alkanes of at least 4 members (excludes halogenated alkanes) is 3. The van der Waals surface area contributed by atoms with Crippen molar-refractivity contribution in [3.05, 3.63) is 59.0 Å². The fourth-order valence-electron chi connectivity index (χ4n) is 3.26. The van der Waals surface area contributed by atoms with Gasteiger partial charge >= 0.3 is 0 Å². The van der Waals surface area contributed by atoms with Crippen LogP contribution < -0.4 is 14.9 Å². The number of hydrogen-bond donors (Lipinski definition) is 0. The lowest BCUT2D eigenvalue weighted by Gasteiger charge is -2.09. The largest absolute Gasteiger partial charge is 0.494 e. The van der Waals surface area contributed by atoms with Crippen LogP contribution in [0.3, 0.4) is 0 Å². The lowest BCUT2D eigenvalue weighted by Crippen LogP contribution is -2.05. The molecule has 0 amide bonds. The zero-order valence-electron chi connectivity index (χ0n) is 18.3. The summed E-state index contributed by atoms with van der Waals surface area (Å²) in [7, 11) is 0. The summed E-state index contributed by atoms with van der Waals surface area (Å²) in [5.74, 6) is 2.15. The Labute approximate surface area is 178 Å². The van der Waals surface area contributed by atoms with Crippen LogP contribution in [0.4, 0.5) is 0 Å². The number of hydrogen-bond acceptors (Lipinski definition) is 4. The average molecular weight is 409 g/mol. The molecule has 0 unspecified atom stereocenters. The van der Waals surface area contributed by atoms with Crippen molar-refractivity contribution in [3.63, 3.8) is 0 Å². The molecule has 4 nitrogen and oxygen atoms in total. The smallest absolute Gasteiger partial charge is 0.200 e. The summed E-state index contributed by atoms with van der Waals surface area (Å²) >= 11 is 0. The van der Waals surface area contributed by atoms with E-state index in [9.17, 15) is 4.79 Å². The van der Waals surface area contributed by atoms with E-state index >= 15 is 0 Å². The SMILES string of the molecule is CCCCCCOc1ccc2c(=O)c(-c3ccc(OCCC(C)C)cc3)coc2c1. The van der Waals surface area contributed by atoms with E-state index in [1.165, 1.54) is 25.5 Å². The van der Waals surface area contributed by atoms with Gasteiger partial charge in [-0.2, -0.15) is 0 Å². The van der Waals surface area contributed by atoms with Crippen LogP contribution in [0.2, 0.25) is 0 Å². The molecule has 0 radical (unpaired) electrons. The molecule has 0 aliphatic carbocycles. The minimum Gasteiger partial charge on any atom is -0.494 e. The summed E-state index contributed by atoms with van der Waals surface area (Å²) in [5, 5.41) is 0.558. The molecule has 0 spiro atoms. The van der Waals surface area contributed by atoms with Crippen LogP contribution in [-0.4, -0.2) is 13.2 Å². The van der Waals surface area contributed by atoms with Gasteiger partial charge in [0.1, 0.15) is 23.3 Å². The maximum Gasteiger partial charge on any atom is 0.200 e. The minimum absolute atomic E-state index is 0.0424. The van der Waals surface area contributed by atoms with Crippen LogP contribution >= 0.6 is 0 Å². The highest BCUT2D eigenvalue weighted by Crippen LogP contribution is 2.25. The number of fused-ring (bicyclic) bond motifs is 1. The molecule has 0 fully saturated rings. The Morgan fingerprint density at radius 1 is 0.900 bits per heavy atom. The van der Waals surface area contributed by atoms with Crippen LogP contribution in [0.25, 0.3) is 22.1 Å². The summed E-state index contributed by atoms with van der Waals surface area (Å²) in [6.45, 7) is 7.91. The second-order valence-corrected chi connectivity index (χ2v) is 8.10.